The van der Waals surface area contributed by atoms with Crippen LogP contribution in [0.4, 0.5) is 5.69 Å². The molecule has 1 aliphatic heterocycles. The maximum Gasteiger partial charge on any atom is 0.270 e. The molecule has 1 aromatic rings. The number of hydrogen-bond donors (Lipinski definition) is 2. The van der Waals surface area contributed by atoms with Gasteiger partial charge < -0.3 is 11.1 Å². The lowest BCUT2D eigenvalue weighted by Gasteiger charge is -2.32. The van der Waals surface area contributed by atoms with Crippen LogP contribution in [-0.4, -0.2) is 41.5 Å². The van der Waals surface area contributed by atoms with Crippen molar-refractivity contribution in [3.8, 4) is 0 Å². The highest BCUT2D eigenvalue weighted by atomic mass is 16.1. The molecule has 1 unspecified atom stereocenters. The molecule has 0 spiro atoms. The van der Waals surface area contributed by atoms with Gasteiger partial charge in [0.2, 0.25) is 0 Å². The van der Waals surface area contributed by atoms with E-state index in [2.05, 4.69) is 22.1 Å². The number of rotatable bonds is 4. The number of piperidine rings is 1. The smallest absolute Gasteiger partial charge is 0.270 e. The van der Waals surface area contributed by atoms with E-state index in [0.29, 0.717) is 24.0 Å². The Morgan fingerprint density at radius 2 is 2.21 bits per heavy atom. The molecular weight excluding hydrogens is 240 g/mol. The second-order valence-electron chi connectivity index (χ2n) is 5.13. The summed E-state index contributed by atoms with van der Waals surface area (Å²) in [5.74, 6) is -0.156. The molecule has 1 atom stereocenters. The van der Waals surface area contributed by atoms with Crippen molar-refractivity contribution in [1.29, 1.82) is 0 Å². The number of nitrogens with two attached hydrogens (primary N) is 1. The van der Waals surface area contributed by atoms with Crippen LogP contribution in [0.5, 0.6) is 0 Å². The standard InChI is InChI=1S/C14H22N4O/c1-11(18-7-3-2-4-8-18)10-17-14(19)13-9-12(15)5-6-16-13/h5-6,9,11H,2-4,7-8,10H2,1H3,(H2,15,16)(H,17,19). The largest absolute Gasteiger partial charge is 0.399 e. The van der Waals surface area contributed by atoms with E-state index >= 15 is 0 Å². The van der Waals surface area contributed by atoms with E-state index in [1.807, 2.05) is 0 Å². The van der Waals surface area contributed by atoms with E-state index in [4.69, 9.17) is 5.73 Å². The van der Waals surface area contributed by atoms with Gasteiger partial charge in [-0.25, -0.2) is 0 Å². The number of pyridine rings is 1. The van der Waals surface area contributed by atoms with Gasteiger partial charge in [0.1, 0.15) is 5.69 Å². The Bertz CT molecular complexity index is 429. The summed E-state index contributed by atoms with van der Waals surface area (Å²) in [6.45, 7) is 5.06. The zero-order valence-electron chi connectivity index (χ0n) is 11.4. The summed E-state index contributed by atoms with van der Waals surface area (Å²) in [7, 11) is 0. The minimum Gasteiger partial charge on any atom is -0.399 e. The first-order valence-electron chi connectivity index (χ1n) is 6.90. The Kier molecular flexibility index (Phi) is 4.74. The van der Waals surface area contributed by atoms with Crippen molar-refractivity contribution < 1.29 is 4.79 Å². The number of anilines is 1. The molecule has 19 heavy (non-hydrogen) atoms. The molecule has 1 amide bonds. The molecule has 2 rings (SSSR count). The first kappa shape index (κ1) is 13.8. The number of aromatic nitrogens is 1. The summed E-state index contributed by atoms with van der Waals surface area (Å²) < 4.78 is 0. The van der Waals surface area contributed by atoms with Gasteiger partial charge in [-0.05, 0) is 45.0 Å². The minimum absolute atomic E-state index is 0.156. The number of carbonyl (C=O) groups is 1. The Morgan fingerprint density at radius 1 is 1.47 bits per heavy atom. The quantitative estimate of drug-likeness (QED) is 0.857. The number of nitrogens with one attached hydrogen (secondary N) is 1. The summed E-state index contributed by atoms with van der Waals surface area (Å²) in [5.41, 5.74) is 6.58. The Hall–Kier alpha value is -1.62. The molecule has 0 bridgehead atoms. The second kappa shape index (κ2) is 6.52. The third kappa shape index (κ3) is 3.92. The SMILES string of the molecule is CC(CNC(=O)c1cc(N)ccn1)N1CCCCC1. The third-order valence-electron chi connectivity index (χ3n) is 3.59. The number of hydrogen-bond acceptors (Lipinski definition) is 4. The van der Waals surface area contributed by atoms with Crippen molar-refractivity contribution >= 4 is 11.6 Å². The fourth-order valence-electron chi connectivity index (χ4n) is 2.39. The fourth-order valence-corrected chi connectivity index (χ4v) is 2.39. The Labute approximate surface area is 114 Å². The number of amides is 1. The van der Waals surface area contributed by atoms with Crippen molar-refractivity contribution in [2.75, 3.05) is 25.4 Å². The lowest BCUT2D eigenvalue weighted by Crippen LogP contribution is -2.44. The van der Waals surface area contributed by atoms with Crippen LogP contribution in [0.3, 0.4) is 0 Å². The van der Waals surface area contributed by atoms with Gasteiger partial charge >= 0.3 is 0 Å². The Morgan fingerprint density at radius 3 is 2.89 bits per heavy atom. The maximum atomic E-state index is 11.9. The topological polar surface area (TPSA) is 71.2 Å². The van der Waals surface area contributed by atoms with E-state index in [9.17, 15) is 4.79 Å². The van der Waals surface area contributed by atoms with E-state index in [1.165, 1.54) is 19.3 Å². The molecule has 1 fully saturated rings. The predicted octanol–water partition coefficient (Wildman–Crippen LogP) is 1.27. The monoisotopic (exact) mass is 262 g/mol. The Balaban J connectivity index is 1.82. The van der Waals surface area contributed by atoms with E-state index < -0.39 is 0 Å². The van der Waals surface area contributed by atoms with Crippen molar-refractivity contribution in [3.05, 3.63) is 24.0 Å². The molecular formula is C14H22N4O. The highest BCUT2D eigenvalue weighted by Gasteiger charge is 2.17. The van der Waals surface area contributed by atoms with Gasteiger partial charge in [0, 0.05) is 24.5 Å². The van der Waals surface area contributed by atoms with Gasteiger partial charge in [-0.1, -0.05) is 6.42 Å². The first-order valence-corrected chi connectivity index (χ1v) is 6.90. The van der Waals surface area contributed by atoms with Gasteiger partial charge in [-0.3, -0.25) is 14.7 Å². The van der Waals surface area contributed by atoms with Crippen LogP contribution in [0, 0.1) is 0 Å². The normalized spacial score (nSPS) is 17.9. The van der Waals surface area contributed by atoms with Gasteiger partial charge in [0.25, 0.3) is 5.91 Å². The average molecular weight is 262 g/mol. The van der Waals surface area contributed by atoms with Crippen LogP contribution in [0.1, 0.15) is 36.7 Å². The molecule has 3 N–H and O–H groups in total. The molecule has 0 aliphatic carbocycles. The van der Waals surface area contributed by atoms with Crippen LogP contribution in [0.25, 0.3) is 0 Å². The highest BCUT2D eigenvalue weighted by molar-refractivity contribution is 5.92. The van der Waals surface area contributed by atoms with Gasteiger partial charge in [0.15, 0.2) is 0 Å². The average Bonchev–Trinajstić information content (AvgIpc) is 2.45. The highest BCUT2D eigenvalue weighted by Crippen LogP contribution is 2.11. The maximum absolute atomic E-state index is 11.9. The molecule has 0 radical (unpaired) electrons. The summed E-state index contributed by atoms with van der Waals surface area (Å²) in [4.78, 5) is 18.4. The van der Waals surface area contributed by atoms with E-state index in [0.717, 1.165) is 13.1 Å². The molecule has 5 nitrogen and oxygen atoms in total. The fraction of sp³-hybridized carbons (Fsp3) is 0.571. The molecule has 1 aliphatic rings. The van der Waals surface area contributed by atoms with Gasteiger partial charge in [0.05, 0.1) is 0 Å². The molecule has 0 aromatic carbocycles. The number of nitrogens with zero attached hydrogens (tertiary/aromatic N) is 2. The zero-order valence-corrected chi connectivity index (χ0v) is 11.4. The molecule has 104 valence electrons. The number of likely N-dealkylation sites (tertiary alicyclic amines) is 1. The summed E-state index contributed by atoms with van der Waals surface area (Å²) in [6.07, 6.45) is 5.39. The van der Waals surface area contributed by atoms with Crippen LogP contribution in [-0.2, 0) is 0 Å². The van der Waals surface area contributed by atoms with Crippen molar-refractivity contribution in [2.24, 2.45) is 0 Å². The lowest BCUT2D eigenvalue weighted by molar-refractivity contribution is 0.0925. The van der Waals surface area contributed by atoms with Crippen molar-refractivity contribution in [3.63, 3.8) is 0 Å². The molecule has 5 heteroatoms. The van der Waals surface area contributed by atoms with Crippen LogP contribution >= 0.6 is 0 Å². The summed E-state index contributed by atoms with van der Waals surface area (Å²) in [6, 6.07) is 3.64. The van der Waals surface area contributed by atoms with Gasteiger partial charge in [-0.15, -0.1) is 0 Å². The van der Waals surface area contributed by atoms with Crippen molar-refractivity contribution in [2.45, 2.75) is 32.2 Å². The second-order valence-corrected chi connectivity index (χ2v) is 5.13. The molecule has 2 heterocycles. The predicted molar refractivity (Wildman–Crippen MR) is 75.9 cm³/mol. The van der Waals surface area contributed by atoms with Crippen LogP contribution in [0.15, 0.2) is 18.3 Å². The lowest BCUT2D eigenvalue weighted by atomic mass is 10.1. The molecule has 0 saturated carbocycles. The summed E-state index contributed by atoms with van der Waals surface area (Å²) in [5, 5.41) is 2.92. The van der Waals surface area contributed by atoms with E-state index in [-0.39, 0.29) is 5.91 Å². The van der Waals surface area contributed by atoms with E-state index in [1.54, 1.807) is 18.3 Å². The molecule has 1 saturated heterocycles. The third-order valence-corrected chi connectivity index (χ3v) is 3.59. The summed E-state index contributed by atoms with van der Waals surface area (Å²) >= 11 is 0. The van der Waals surface area contributed by atoms with Crippen molar-refractivity contribution in [1.82, 2.24) is 15.2 Å². The zero-order chi connectivity index (χ0) is 13.7. The number of nitrogen functional groups attached to an aromatic ring is 1. The van der Waals surface area contributed by atoms with Crippen LogP contribution < -0.4 is 11.1 Å². The minimum atomic E-state index is -0.156. The van der Waals surface area contributed by atoms with Crippen LogP contribution in [0.2, 0.25) is 0 Å². The molecule has 1 aromatic heterocycles. The first-order chi connectivity index (χ1) is 9.16. The number of carbonyl (C=O) groups excluding carboxylic acids is 1. The van der Waals surface area contributed by atoms with Gasteiger partial charge in [-0.2, -0.15) is 0 Å².